The number of phenolic OH excluding ortho intramolecular Hbond substituents is 1. The summed E-state index contributed by atoms with van der Waals surface area (Å²) in [6, 6.07) is 11.3. The number of quaternary nitrogens is 1. The van der Waals surface area contributed by atoms with Crippen molar-refractivity contribution < 1.29 is 19.5 Å². The Morgan fingerprint density at radius 1 is 1.06 bits per heavy atom. The highest BCUT2D eigenvalue weighted by molar-refractivity contribution is 6.15. The molecule has 0 bridgehead atoms. The summed E-state index contributed by atoms with van der Waals surface area (Å²) < 4.78 is 6.09. The molecule has 0 spiro atoms. The van der Waals surface area contributed by atoms with Gasteiger partial charge in [-0.1, -0.05) is 44.9 Å². The van der Waals surface area contributed by atoms with Crippen LogP contribution in [-0.2, 0) is 6.54 Å². The Balaban J connectivity index is 1.64. The van der Waals surface area contributed by atoms with Gasteiger partial charge >= 0.3 is 0 Å². The SMILES string of the molecule is CCCC[NH+](CCCC)Cc1c(O)ccc2c1O/C(=C\c1c[nH]c3ccccc13)C2=O. The molecule has 2 aromatic carbocycles. The van der Waals surface area contributed by atoms with Crippen LogP contribution in [0.25, 0.3) is 17.0 Å². The average molecular weight is 420 g/mol. The molecular formula is C26H31N2O3+. The Bertz CT molecular complexity index is 1110. The molecule has 1 aromatic heterocycles. The maximum Gasteiger partial charge on any atom is 0.231 e. The van der Waals surface area contributed by atoms with Gasteiger partial charge < -0.3 is 19.7 Å². The summed E-state index contributed by atoms with van der Waals surface area (Å²) in [4.78, 5) is 17.7. The number of benzene rings is 2. The number of rotatable bonds is 9. The number of H-pyrrole nitrogens is 1. The Kier molecular flexibility index (Phi) is 6.42. The normalized spacial score (nSPS) is 14.5. The van der Waals surface area contributed by atoms with Crippen molar-refractivity contribution in [2.24, 2.45) is 0 Å². The molecule has 2 heterocycles. The summed E-state index contributed by atoms with van der Waals surface area (Å²) in [5, 5.41) is 11.7. The van der Waals surface area contributed by atoms with E-state index in [0.717, 1.165) is 60.8 Å². The van der Waals surface area contributed by atoms with Gasteiger partial charge in [0.05, 0.1) is 24.2 Å². The summed E-state index contributed by atoms with van der Waals surface area (Å²) in [5.74, 6) is 0.882. The lowest BCUT2D eigenvalue weighted by molar-refractivity contribution is -0.914. The van der Waals surface area contributed by atoms with Crippen LogP contribution < -0.4 is 9.64 Å². The number of nitrogens with one attached hydrogen (secondary N) is 2. The molecule has 4 rings (SSSR count). The lowest BCUT2D eigenvalue weighted by Gasteiger charge is -2.20. The van der Waals surface area contributed by atoms with Gasteiger partial charge in [0.1, 0.15) is 12.3 Å². The predicted octanol–water partition coefficient (Wildman–Crippen LogP) is 4.47. The van der Waals surface area contributed by atoms with Crippen molar-refractivity contribution in [1.82, 2.24) is 4.98 Å². The van der Waals surface area contributed by atoms with Crippen molar-refractivity contribution in [3.8, 4) is 11.5 Å². The second-order valence-electron chi connectivity index (χ2n) is 8.30. The van der Waals surface area contributed by atoms with Crippen molar-refractivity contribution in [3.63, 3.8) is 0 Å². The van der Waals surface area contributed by atoms with Crippen LogP contribution in [0.1, 0.15) is 61.0 Å². The number of aromatic hydroxyl groups is 1. The molecule has 0 aliphatic carbocycles. The standard InChI is InChI=1S/C26H30N2O3/c1-3-5-13-28(14-6-4-2)17-21-23(29)12-11-20-25(30)24(31-26(20)21)15-18-16-27-22-10-8-7-9-19(18)22/h7-12,15-16,27,29H,3-6,13-14,17H2,1-2H3/p+1/b24-15-. The van der Waals surface area contributed by atoms with Crippen LogP contribution in [0, 0.1) is 0 Å². The van der Waals surface area contributed by atoms with E-state index in [4.69, 9.17) is 4.74 Å². The van der Waals surface area contributed by atoms with Crippen LogP contribution in [-0.4, -0.2) is 29.0 Å². The van der Waals surface area contributed by atoms with Crippen molar-refractivity contribution in [2.75, 3.05) is 13.1 Å². The van der Waals surface area contributed by atoms with Gasteiger partial charge in [0.15, 0.2) is 11.5 Å². The van der Waals surface area contributed by atoms with Crippen LogP contribution in [0.2, 0.25) is 0 Å². The van der Waals surface area contributed by atoms with Gasteiger partial charge in [-0.2, -0.15) is 0 Å². The third-order valence-corrected chi connectivity index (χ3v) is 6.02. The topological polar surface area (TPSA) is 66.8 Å². The van der Waals surface area contributed by atoms with Crippen LogP contribution in [0.5, 0.6) is 11.5 Å². The molecule has 3 aromatic rings. The Labute approximate surface area is 183 Å². The van der Waals surface area contributed by atoms with Gasteiger partial charge in [-0.15, -0.1) is 0 Å². The minimum absolute atomic E-state index is 0.134. The molecule has 0 saturated heterocycles. The highest BCUT2D eigenvalue weighted by Gasteiger charge is 2.32. The van der Waals surface area contributed by atoms with Crippen molar-refractivity contribution in [3.05, 3.63) is 65.0 Å². The Morgan fingerprint density at radius 3 is 2.55 bits per heavy atom. The molecule has 0 saturated carbocycles. The fourth-order valence-corrected chi connectivity index (χ4v) is 4.23. The smallest absolute Gasteiger partial charge is 0.231 e. The van der Waals surface area contributed by atoms with E-state index in [1.807, 2.05) is 30.5 Å². The van der Waals surface area contributed by atoms with Crippen LogP contribution >= 0.6 is 0 Å². The summed E-state index contributed by atoms with van der Waals surface area (Å²) in [6.45, 7) is 7.14. The van der Waals surface area contributed by atoms with Crippen molar-refractivity contribution in [1.29, 1.82) is 0 Å². The zero-order valence-corrected chi connectivity index (χ0v) is 18.3. The van der Waals surface area contributed by atoms with Gasteiger partial charge in [0.25, 0.3) is 0 Å². The first-order chi connectivity index (χ1) is 15.1. The van der Waals surface area contributed by atoms with Crippen LogP contribution in [0.4, 0.5) is 0 Å². The number of aromatic nitrogens is 1. The average Bonchev–Trinajstić information content (AvgIpc) is 3.33. The summed E-state index contributed by atoms with van der Waals surface area (Å²) in [5.41, 5.74) is 3.19. The summed E-state index contributed by atoms with van der Waals surface area (Å²) in [6.07, 6.45) is 8.24. The van der Waals surface area contributed by atoms with Gasteiger partial charge in [0, 0.05) is 22.7 Å². The zero-order valence-electron chi connectivity index (χ0n) is 18.3. The van der Waals surface area contributed by atoms with E-state index in [1.165, 1.54) is 4.90 Å². The number of allylic oxidation sites excluding steroid dienone is 1. The van der Waals surface area contributed by atoms with Gasteiger partial charge in [-0.05, 0) is 37.1 Å². The second-order valence-corrected chi connectivity index (χ2v) is 8.30. The molecule has 0 atom stereocenters. The first-order valence-electron chi connectivity index (χ1n) is 11.3. The van der Waals surface area contributed by atoms with Crippen molar-refractivity contribution >= 4 is 22.8 Å². The molecule has 0 unspecified atom stereocenters. The number of ketones is 1. The quantitative estimate of drug-likeness (QED) is 0.448. The van der Waals surface area contributed by atoms with Crippen LogP contribution in [0.15, 0.2) is 48.4 Å². The lowest BCUT2D eigenvalue weighted by atomic mass is 10.0. The number of carbonyl (C=O) groups excluding carboxylic acids is 1. The monoisotopic (exact) mass is 419 g/mol. The molecule has 5 nitrogen and oxygen atoms in total. The fraction of sp³-hybridized carbons (Fsp3) is 0.346. The zero-order chi connectivity index (χ0) is 21.8. The van der Waals surface area contributed by atoms with Crippen molar-refractivity contribution in [2.45, 2.75) is 46.1 Å². The fourth-order valence-electron chi connectivity index (χ4n) is 4.23. The molecule has 31 heavy (non-hydrogen) atoms. The van der Waals surface area contributed by atoms with Gasteiger partial charge in [-0.3, -0.25) is 4.79 Å². The van der Waals surface area contributed by atoms with Gasteiger partial charge in [0.2, 0.25) is 5.78 Å². The number of carbonyl (C=O) groups is 1. The molecule has 1 aliphatic heterocycles. The number of aromatic amines is 1. The highest BCUT2D eigenvalue weighted by Crippen LogP contribution is 2.39. The van der Waals surface area contributed by atoms with E-state index in [0.29, 0.717) is 23.6 Å². The minimum Gasteiger partial charge on any atom is -0.507 e. The van der Waals surface area contributed by atoms with E-state index in [1.54, 1.807) is 18.2 Å². The second kappa shape index (κ2) is 9.40. The predicted molar refractivity (Wildman–Crippen MR) is 124 cm³/mol. The van der Waals surface area contributed by atoms with E-state index in [9.17, 15) is 9.90 Å². The molecule has 0 amide bonds. The Hall–Kier alpha value is -3.05. The maximum absolute atomic E-state index is 13.1. The number of phenols is 1. The van der Waals surface area contributed by atoms with Crippen LogP contribution in [0.3, 0.4) is 0 Å². The third kappa shape index (κ3) is 4.37. The van der Waals surface area contributed by atoms with E-state index in [-0.39, 0.29) is 11.5 Å². The van der Waals surface area contributed by atoms with E-state index < -0.39 is 0 Å². The number of fused-ring (bicyclic) bond motifs is 2. The highest BCUT2D eigenvalue weighted by atomic mass is 16.5. The maximum atomic E-state index is 13.1. The van der Waals surface area contributed by atoms with E-state index in [2.05, 4.69) is 18.8 Å². The lowest BCUT2D eigenvalue weighted by Crippen LogP contribution is -3.10. The number of unbranched alkanes of at least 4 members (excludes halogenated alkanes) is 2. The molecular weight excluding hydrogens is 388 g/mol. The molecule has 162 valence electrons. The molecule has 3 N–H and O–H groups in total. The number of para-hydroxylation sites is 1. The Morgan fingerprint density at radius 2 is 1.81 bits per heavy atom. The van der Waals surface area contributed by atoms with Gasteiger partial charge in [-0.25, -0.2) is 0 Å². The number of hydrogen-bond acceptors (Lipinski definition) is 3. The molecule has 5 heteroatoms. The minimum atomic E-state index is -0.134. The number of ether oxygens (including phenoxy) is 1. The first-order valence-corrected chi connectivity index (χ1v) is 11.3. The largest absolute Gasteiger partial charge is 0.507 e. The number of hydrogen-bond donors (Lipinski definition) is 3. The summed E-state index contributed by atoms with van der Waals surface area (Å²) >= 11 is 0. The summed E-state index contributed by atoms with van der Waals surface area (Å²) in [7, 11) is 0. The molecule has 0 fully saturated rings. The molecule has 1 aliphatic rings. The first kappa shape index (κ1) is 21.2. The molecule has 0 radical (unpaired) electrons. The number of Topliss-reactive ketones (excluding diaryl/α,β-unsaturated/α-hetero) is 1. The van der Waals surface area contributed by atoms with E-state index >= 15 is 0 Å². The third-order valence-electron chi connectivity index (χ3n) is 6.02.